The van der Waals surface area contributed by atoms with E-state index in [2.05, 4.69) is 434 Å². The van der Waals surface area contributed by atoms with Crippen molar-refractivity contribution >= 4 is 606 Å². The van der Waals surface area contributed by atoms with Gasteiger partial charge in [0, 0.05) is 147 Å². The third kappa shape index (κ3) is 33.7. The molecule has 2 saturated heterocycles. The van der Waals surface area contributed by atoms with Crippen molar-refractivity contribution in [2.24, 2.45) is 14.1 Å². The fourth-order valence-electron chi connectivity index (χ4n) is 12.1. The van der Waals surface area contributed by atoms with Crippen molar-refractivity contribution in [1.29, 1.82) is 0 Å². The van der Waals surface area contributed by atoms with Gasteiger partial charge in [-0.15, -0.1) is 0 Å². The van der Waals surface area contributed by atoms with Crippen LogP contribution in [0.25, 0.3) is 44.3 Å². The average Bonchev–Trinajstić information content (AvgIpc) is 1.65. The van der Waals surface area contributed by atoms with Crippen LogP contribution in [0.5, 0.6) is 0 Å². The summed E-state index contributed by atoms with van der Waals surface area (Å²) >= 11 is 91.2. The molecule has 116 heavy (non-hydrogen) atoms. The van der Waals surface area contributed by atoms with E-state index in [-0.39, 0.29) is 13.9 Å². The van der Waals surface area contributed by atoms with Gasteiger partial charge in [0.1, 0.15) is 22.9 Å². The van der Waals surface area contributed by atoms with Gasteiger partial charge in [-0.05, 0) is 113 Å². The van der Waals surface area contributed by atoms with Crippen molar-refractivity contribution in [3.63, 3.8) is 0 Å². The molecule has 1 N–H and O–H groups in total. The fourth-order valence-corrected chi connectivity index (χ4v) is 6930. The summed E-state index contributed by atoms with van der Waals surface area (Å²) < 4.78 is 20.6. The Bertz CT molecular complexity index is 4620. The number of nitrogens with zero attached hydrogens (tertiary/aromatic N) is 8. The van der Waals surface area contributed by atoms with Gasteiger partial charge in [0.2, 0.25) is 0 Å². The first-order valence-electron chi connectivity index (χ1n) is 31.9. The number of fused-ring (bicyclic) bond motifs is 2. The maximum absolute atomic E-state index is 12.2. The maximum atomic E-state index is 12.2. The van der Waals surface area contributed by atoms with Crippen LogP contribution in [-0.2, 0) is 31.7 Å². The molecule has 2 aliphatic carbocycles. The van der Waals surface area contributed by atoms with Crippen LogP contribution in [0.3, 0.4) is 0 Å². The molecule has 4 aliphatic rings. The summed E-state index contributed by atoms with van der Waals surface area (Å²) in [5, 5.41) is 22.4. The normalized spacial score (nSPS) is 18.4. The second-order valence-electron chi connectivity index (χ2n) is 24.2. The van der Waals surface area contributed by atoms with E-state index in [1.54, 1.807) is 6.20 Å². The van der Waals surface area contributed by atoms with Gasteiger partial charge < -0.3 is 37.8 Å². The molecule has 2 atom stereocenters. The number of carbonyl (C=O) groups is 2. The van der Waals surface area contributed by atoms with E-state index < -0.39 is 140 Å². The molecular formula is C59H62Cl4I39N8O6-. The Kier molecular flexibility index (Phi) is 62.3. The zero-order valence-corrected chi connectivity index (χ0v) is 146. The summed E-state index contributed by atoms with van der Waals surface area (Å²) in [5.74, 6) is 1.66. The van der Waals surface area contributed by atoms with Gasteiger partial charge in [-0.1, -0.05) is 68.8 Å². The van der Waals surface area contributed by atoms with E-state index in [4.69, 9.17) is 60.2 Å². The summed E-state index contributed by atoms with van der Waals surface area (Å²) in [7, 11) is -3.55. The topological polar surface area (TPSA) is 138 Å². The van der Waals surface area contributed by atoms with Gasteiger partial charge in [-0.2, -0.15) is 0 Å². The molecule has 0 amide bonds. The number of halogens is 43. The molecule has 2 aliphatic heterocycles. The number of ether oxygens (including phenoxy) is 1. The van der Waals surface area contributed by atoms with Crippen LogP contribution in [0.15, 0.2) is 94.2 Å². The molecule has 4 aromatic carbocycles. The molecule has 4 aromatic heterocycles. The zero-order chi connectivity index (χ0) is 84.9. The van der Waals surface area contributed by atoms with Gasteiger partial charge in [0.15, 0.2) is 0 Å². The number of carboxylic acid groups (broad SMARTS) is 1. The number of benzene rings is 4. The number of rotatable bonds is 32. The monoisotopic (exact) mass is 6070 g/mol. The number of aromatic nitrogens is 4. The van der Waals surface area contributed by atoms with E-state index in [0.717, 1.165) is 169 Å². The van der Waals surface area contributed by atoms with Crippen LogP contribution >= 0.6 is 561 Å². The molecule has 0 bridgehead atoms. The second-order valence-corrected chi connectivity index (χ2v) is 919. The Morgan fingerprint density at radius 3 is 1.13 bits per heavy atom. The SMILES string of the molecule is COC(=O)c1cn(C)c2cc(N3CCN(CCc4c(-c5c(Cl)cccc5Cl)noc4C4CC4)C[C@@H]3C)ccc12.C[C@H]1CN(CCc2c(-c3c(Cl)cccc3Cl)noc2C2CC2)CCN1c1ccc2c(C(=O)O)cn(C)c2c1.I[I-]I(I)I(I)I(I)I(I)I(I)I(I)I(I)I(I)I(I)I(I)I(I)I(I)I(I)I(I)I(I)I(I)I(I)I(I)I. The number of esters is 1. The van der Waals surface area contributed by atoms with Gasteiger partial charge in [-0.3, -0.25) is 9.80 Å². The predicted molar refractivity (Wildman–Crippen MR) is 839 cm³/mol. The van der Waals surface area contributed by atoms with E-state index >= 15 is 0 Å². The molecular weight excluding hydrogens is 6010 g/mol. The van der Waals surface area contributed by atoms with Crippen LogP contribution in [0.4, 0.5) is 11.4 Å². The third-order valence-electron chi connectivity index (χ3n) is 17.4. The Hall–Kier alpha value is 22.5. The van der Waals surface area contributed by atoms with Crippen LogP contribution < -0.4 is 23.1 Å². The van der Waals surface area contributed by atoms with Crippen LogP contribution in [0.2, 0.25) is 20.1 Å². The van der Waals surface area contributed by atoms with Crippen LogP contribution in [-0.4, -0.2) is 118 Å². The standard InChI is InChI=1S/C30H32Cl2N4O3.C29H30Cl2N4O3.I39/c1-18-16-35(13-14-36(18)20-9-10-21-23(30(37)38-3)17-34(2)26(21)15-20)12-11-22-28(33-39-29(22)19-7-8-19)27-24(31)5-4-6-25(27)32;1-17-15-34(12-13-35(17)19-8-9-20-22(29(36)37)16-33(2)25(20)14-19)11-10-21-27(32-38-28(21)18-6-7-18)26-23(30)4-3-5-24(26)31;1-21-23(4)25(6)27(8)29(10)31(12)33(14)35(16)37(18)39(20)38(19)36(17)34(15)32(13)30(11)28(9)26(7)24(5)22(2)3/h4-6,9-10,15,17-19H,7-8,11-14,16H2,1-3H3;3-5,8-9,14,16-18H,6-7,10-13,15H2,1-2H3,(H,36,37);/q;;-1/t18-;17-;/m00./s1. The van der Waals surface area contributed by atoms with Crippen molar-refractivity contribution in [1.82, 2.24) is 29.2 Å². The number of hydrogen-bond donors (Lipinski definition) is 1. The van der Waals surface area contributed by atoms with Crippen molar-refractivity contribution in [3.05, 3.63) is 139 Å². The van der Waals surface area contributed by atoms with Crippen molar-refractivity contribution < 1.29 is 41.7 Å². The second kappa shape index (κ2) is 60.1. The first-order valence-corrected chi connectivity index (χ1v) is 272. The van der Waals surface area contributed by atoms with E-state index in [1.807, 2.05) is 84.0 Å². The summed E-state index contributed by atoms with van der Waals surface area (Å²) in [5.41, 5.74) is 10.5. The number of carboxylic acids is 1. The van der Waals surface area contributed by atoms with E-state index in [1.165, 1.54) is 7.11 Å². The summed E-state index contributed by atoms with van der Waals surface area (Å²) in [6.45, 7) is 11.9. The Labute approximate surface area is 963 Å². The van der Waals surface area contributed by atoms with Gasteiger partial charge >= 0.3 is 540 Å². The first kappa shape index (κ1) is 120. The van der Waals surface area contributed by atoms with Crippen LogP contribution in [0.1, 0.15) is 94.7 Å². The first-order chi connectivity index (χ1) is 54.9. The minimum absolute atomic E-state index is 0.309. The van der Waals surface area contributed by atoms with Crippen molar-refractivity contribution in [2.45, 2.75) is 76.3 Å². The Balaban J connectivity index is 0.000000184. The summed E-state index contributed by atoms with van der Waals surface area (Å²) in [6.07, 6.45) is 9.73. The molecule has 0 unspecified atom stereocenters. The average molecular weight is 6070 g/mol. The molecule has 14 nitrogen and oxygen atoms in total. The predicted octanol–water partition coefficient (Wildman–Crippen LogP) is 43.7. The Morgan fingerprint density at radius 1 is 0.491 bits per heavy atom. The molecule has 12 rings (SSSR count). The molecule has 676 valence electrons. The number of methoxy groups -OCH3 is 1. The molecule has 0 radical (unpaired) electrons. The summed E-state index contributed by atoms with van der Waals surface area (Å²) in [4.78, 5) is 33.6. The number of hydrogen-bond acceptors (Lipinski definition) is 11. The molecule has 2 saturated carbocycles. The molecule has 8 aromatic rings. The zero-order valence-electron chi connectivity index (χ0n) is 58.6. The van der Waals surface area contributed by atoms with Crippen molar-refractivity contribution in [2.75, 3.05) is 69.3 Å². The van der Waals surface area contributed by atoms with Crippen LogP contribution in [0, 0.1) is 0 Å². The summed E-state index contributed by atoms with van der Waals surface area (Å²) in [6, 6.07) is 24.1. The van der Waals surface area contributed by atoms with Gasteiger partial charge in [0.05, 0.1) is 49.4 Å². The number of piperazine rings is 2. The Morgan fingerprint density at radius 2 is 0.819 bits per heavy atom. The van der Waals surface area contributed by atoms with Crippen molar-refractivity contribution in [3.8, 4) is 22.5 Å². The molecule has 0 spiro atoms. The number of anilines is 2. The van der Waals surface area contributed by atoms with E-state index in [9.17, 15) is 14.7 Å². The number of aromatic carboxylic acids is 1. The number of aryl methyl sites for hydroxylation is 2. The van der Waals surface area contributed by atoms with Gasteiger partial charge in [-0.25, -0.2) is 9.59 Å². The molecule has 57 heteroatoms. The molecule has 4 fully saturated rings. The van der Waals surface area contributed by atoms with E-state index in [0.29, 0.717) is 68.4 Å². The third-order valence-corrected chi connectivity index (χ3v) is 2910. The number of carbonyl (C=O) groups excluding carboxylic acids is 1. The van der Waals surface area contributed by atoms with Gasteiger partial charge in [0.25, 0.3) is 0 Å². The minimum atomic E-state index is -0.900. The quantitative estimate of drug-likeness (QED) is 0.0317. The molecule has 6 heterocycles. The fraction of sp³-hybridized carbons (Fsp3) is 0.390.